The van der Waals surface area contributed by atoms with Gasteiger partial charge in [0, 0.05) is 62.5 Å². The predicted molar refractivity (Wildman–Crippen MR) is 129 cm³/mol. The van der Waals surface area contributed by atoms with Crippen LogP contribution < -0.4 is 0 Å². The average molecular weight is 438 g/mol. The van der Waals surface area contributed by atoms with E-state index < -0.39 is 0 Å². The molecule has 1 aromatic heterocycles. The van der Waals surface area contributed by atoms with Crippen molar-refractivity contribution in [3.63, 3.8) is 0 Å². The molecule has 1 amide bonds. The van der Waals surface area contributed by atoms with E-state index in [0.717, 1.165) is 77.3 Å². The summed E-state index contributed by atoms with van der Waals surface area (Å²) in [5.74, 6) is 0.214. The Morgan fingerprint density at radius 3 is 2.28 bits per heavy atom. The Morgan fingerprint density at radius 2 is 1.62 bits per heavy atom. The predicted octanol–water partition coefficient (Wildman–Crippen LogP) is 4.33. The summed E-state index contributed by atoms with van der Waals surface area (Å²) in [6.45, 7) is 14.0. The number of piperidine rings is 1. The van der Waals surface area contributed by atoms with Gasteiger partial charge in [-0.05, 0) is 30.9 Å². The lowest BCUT2D eigenvalue weighted by Gasteiger charge is -2.29. The summed E-state index contributed by atoms with van der Waals surface area (Å²) in [7, 11) is 0. The molecule has 0 bridgehead atoms. The molecule has 0 aliphatic carbocycles. The number of amides is 1. The highest BCUT2D eigenvalue weighted by atomic mass is 16.5. The molecule has 2 aliphatic rings. The topological polar surface area (TPSA) is 37.7 Å². The molecule has 0 radical (unpaired) electrons. The Balaban J connectivity index is 1.71. The van der Waals surface area contributed by atoms with E-state index in [4.69, 9.17) is 4.74 Å². The largest absolute Gasteiger partial charge is 0.379 e. The molecule has 0 spiro atoms. The molecule has 32 heavy (non-hydrogen) atoms. The van der Waals surface area contributed by atoms with Gasteiger partial charge in [-0.1, -0.05) is 51.1 Å². The van der Waals surface area contributed by atoms with Crippen LogP contribution in [-0.2, 0) is 23.1 Å². The van der Waals surface area contributed by atoms with Gasteiger partial charge in [-0.2, -0.15) is 0 Å². The van der Waals surface area contributed by atoms with E-state index in [1.54, 1.807) is 0 Å². The second kappa shape index (κ2) is 10.2. The Kier molecular flexibility index (Phi) is 7.37. The first-order valence-corrected chi connectivity index (χ1v) is 12.3. The van der Waals surface area contributed by atoms with Crippen molar-refractivity contribution in [2.75, 3.05) is 45.9 Å². The van der Waals surface area contributed by atoms with Crippen molar-refractivity contribution in [2.45, 2.75) is 58.4 Å². The van der Waals surface area contributed by atoms with Gasteiger partial charge in [0.05, 0.1) is 18.8 Å². The molecule has 5 nitrogen and oxygen atoms in total. The average Bonchev–Trinajstić information content (AvgIpc) is 3.17. The first-order valence-electron chi connectivity index (χ1n) is 12.3. The Bertz CT molecular complexity index is 886. The van der Waals surface area contributed by atoms with Crippen molar-refractivity contribution in [3.05, 3.63) is 58.9 Å². The van der Waals surface area contributed by atoms with Crippen molar-refractivity contribution in [1.82, 2.24) is 14.4 Å². The van der Waals surface area contributed by atoms with Gasteiger partial charge in [-0.25, -0.2) is 0 Å². The molecule has 5 heteroatoms. The molecule has 3 heterocycles. The number of benzene rings is 1. The molecule has 2 aromatic rings. The maximum Gasteiger partial charge on any atom is 0.255 e. The summed E-state index contributed by atoms with van der Waals surface area (Å²) in [4.78, 5) is 18.3. The van der Waals surface area contributed by atoms with Crippen LogP contribution in [-0.4, -0.2) is 66.2 Å². The SMILES string of the molecule is CC(C)(C)c1cc(C(=O)N2CCCCC2)c(Cc2ccccc2)n1CCN1CCOCC1. The van der Waals surface area contributed by atoms with Gasteiger partial charge >= 0.3 is 0 Å². The molecule has 0 unspecified atom stereocenters. The quantitative estimate of drug-likeness (QED) is 0.675. The molecule has 2 saturated heterocycles. The number of ether oxygens (including phenoxy) is 1. The molecule has 0 saturated carbocycles. The van der Waals surface area contributed by atoms with Crippen LogP contribution >= 0.6 is 0 Å². The number of hydrogen-bond donors (Lipinski definition) is 0. The number of hydrogen-bond acceptors (Lipinski definition) is 3. The lowest BCUT2D eigenvalue weighted by atomic mass is 9.91. The molecular weight excluding hydrogens is 398 g/mol. The Morgan fingerprint density at radius 1 is 0.938 bits per heavy atom. The van der Waals surface area contributed by atoms with Gasteiger partial charge in [0.1, 0.15) is 0 Å². The van der Waals surface area contributed by atoms with Crippen molar-refractivity contribution in [1.29, 1.82) is 0 Å². The van der Waals surface area contributed by atoms with E-state index in [1.807, 2.05) is 0 Å². The fourth-order valence-electron chi connectivity index (χ4n) is 4.96. The summed E-state index contributed by atoms with van der Waals surface area (Å²) in [6.07, 6.45) is 4.25. The van der Waals surface area contributed by atoms with Gasteiger partial charge in [0.15, 0.2) is 0 Å². The van der Waals surface area contributed by atoms with Crippen LogP contribution in [0.2, 0.25) is 0 Å². The fourth-order valence-corrected chi connectivity index (χ4v) is 4.96. The number of likely N-dealkylation sites (tertiary alicyclic amines) is 1. The smallest absolute Gasteiger partial charge is 0.255 e. The molecule has 2 fully saturated rings. The van der Waals surface area contributed by atoms with Crippen LogP contribution in [0.3, 0.4) is 0 Å². The summed E-state index contributed by atoms with van der Waals surface area (Å²) in [6, 6.07) is 12.8. The number of nitrogens with zero attached hydrogens (tertiary/aromatic N) is 3. The molecule has 4 rings (SSSR count). The summed E-state index contributed by atoms with van der Waals surface area (Å²) < 4.78 is 7.99. The monoisotopic (exact) mass is 437 g/mol. The second-order valence-corrected chi connectivity index (χ2v) is 10.3. The maximum absolute atomic E-state index is 13.7. The molecule has 0 atom stereocenters. The zero-order chi connectivity index (χ0) is 22.6. The number of aromatic nitrogens is 1. The van der Waals surface area contributed by atoms with E-state index in [2.05, 4.69) is 71.5 Å². The van der Waals surface area contributed by atoms with Gasteiger partial charge in [-0.15, -0.1) is 0 Å². The minimum absolute atomic E-state index is 0.0309. The maximum atomic E-state index is 13.7. The summed E-state index contributed by atoms with van der Waals surface area (Å²) in [5, 5.41) is 0. The van der Waals surface area contributed by atoms with E-state index in [-0.39, 0.29) is 11.3 Å². The highest BCUT2D eigenvalue weighted by Gasteiger charge is 2.29. The van der Waals surface area contributed by atoms with Crippen molar-refractivity contribution < 1.29 is 9.53 Å². The highest BCUT2D eigenvalue weighted by Crippen LogP contribution is 2.31. The van der Waals surface area contributed by atoms with E-state index >= 15 is 0 Å². The normalized spacial score (nSPS) is 18.2. The van der Waals surface area contributed by atoms with Crippen LogP contribution in [0.1, 0.15) is 67.3 Å². The van der Waals surface area contributed by atoms with Crippen LogP contribution in [0.5, 0.6) is 0 Å². The third-order valence-electron chi connectivity index (χ3n) is 6.81. The third-order valence-corrected chi connectivity index (χ3v) is 6.81. The molecule has 2 aliphatic heterocycles. The van der Waals surface area contributed by atoms with Crippen molar-refractivity contribution in [3.8, 4) is 0 Å². The molecule has 1 aromatic carbocycles. The minimum atomic E-state index is -0.0309. The third kappa shape index (κ3) is 5.44. The summed E-state index contributed by atoms with van der Waals surface area (Å²) in [5.41, 5.74) is 4.56. The number of morpholine rings is 1. The molecule has 0 N–H and O–H groups in total. The van der Waals surface area contributed by atoms with Gasteiger partial charge in [0.25, 0.3) is 5.91 Å². The number of rotatable bonds is 6. The zero-order valence-electron chi connectivity index (χ0n) is 20.1. The van der Waals surface area contributed by atoms with Gasteiger partial charge < -0.3 is 14.2 Å². The summed E-state index contributed by atoms with van der Waals surface area (Å²) >= 11 is 0. The number of carbonyl (C=O) groups is 1. The van der Waals surface area contributed by atoms with Crippen LogP contribution in [0.25, 0.3) is 0 Å². The number of carbonyl (C=O) groups excluding carboxylic acids is 1. The van der Waals surface area contributed by atoms with Crippen LogP contribution in [0.15, 0.2) is 36.4 Å². The van der Waals surface area contributed by atoms with E-state index in [1.165, 1.54) is 23.4 Å². The standard InChI is InChI=1S/C27H39N3O2/c1-27(2,3)25-21-23(26(31)29-12-8-5-9-13-29)24(20-22-10-6-4-7-11-22)30(25)15-14-28-16-18-32-19-17-28/h4,6-7,10-11,21H,5,8-9,12-20H2,1-3H3. The van der Waals surface area contributed by atoms with Gasteiger partial charge in [-0.3, -0.25) is 9.69 Å². The van der Waals surface area contributed by atoms with E-state index in [0.29, 0.717) is 0 Å². The first kappa shape index (κ1) is 23.1. The van der Waals surface area contributed by atoms with E-state index in [9.17, 15) is 4.79 Å². The van der Waals surface area contributed by atoms with Crippen LogP contribution in [0.4, 0.5) is 0 Å². The highest BCUT2D eigenvalue weighted by molar-refractivity contribution is 5.96. The van der Waals surface area contributed by atoms with Crippen LogP contribution in [0, 0.1) is 0 Å². The van der Waals surface area contributed by atoms with Crippen molar-refractivity contribution in [2.24, 2.45) is 0 Å². The lowest BCUT2D eigenvalue weighted by molar-refractivity contribution is 0.0361. The zero-order valence-corrected chi connectivity index (χ0v) is 20.1. The van der Waals surface area contributed by atoms with Crippen molar-refractivity contribution >= 4 is 5.91 Å². The fraction of sp³-hybridized carbons (Fsp3) is 0.593. The Hall–Kier alpha value is -2.11. The second-order valence-electron chi connectivity index (χ2n) is 10.3. The minimum Gasteiger partial charge on any atom is -0.379 e. The molecular formula is C27H39N3O2. The first-order chi connectivity index (χ1) is 15.4. The van der Waals surface area contributed by atoms with Gasteiger partial charge in [0.2, 0.25) is 0 Å². The Labute approximate surface area is 193 Å². The lowest BCUT2D eigenvalue weighted by Crippen LogP contribution is -2.39. The molecule has 174 valence electrons.